The number of carbonyl (C=O) groups excluding carboxylic acids is 1. The number of amides is 1. The number of ether oxygens (including phenoxy) is 1. The lowest BCUT2D eigenvalue weighted by Gasteiger charge is -2.09. The molecule has 10 heteroatoms. The van der Waals surface area contributed by atoms with Crippen molar-refractivity contribution in [2.75, 3.05) is 13.2 Å². The molecule has 3 aromatic heterocycles. The van der Waals surface area contributed by atoms with Crippen LogP contribution < -0.4 is 15.6 Å². The summed E-state index contributed by atoms with van der Waals surface area (Å²) in [6.45, 7) is 2.30. The smallest absolute Gasteiger partial charge is 0.253 e. The van der Waals surface area contributed by atoms with E-state index < -0.39 is 0 Å². The summed E-state index contributed by atoms with van der Waals surface area (Å²) in [6, 6.07) is 14.5. The lowest BCUT2D eigenvalue weighted by molar-refractivity contribution is -0.121. The fraction of sp³-hybridized carbons (Fsp3) is 0.238. The van der Waals surface area contributed by atoms with Gasteiger partial charge in [0.05, 0.1) is 12.9 Å². The van der Waals surface area contributed by atoms with E-state index in [2.05, 4.69) is 25.6 Å². The SMILES string of the molecule is CCc1cc(=O)n(CC(=O)NCCOc2ccc3nnc(-c4ccccc4)n3n2)cn1. The molecule has 0 aliphatic heterocycles. The van der Waals surface area contributed by atoms with Crippen molar-refractivity contribution in [1.82, 2.24) is 34.7 Å². The van der Waals surface area contributed by atoms with Crippen LogP contribution in [0.15, 0.2) is 59.7 Å². The molecule has 10 nitrogen and oxygen atoms in total. The summed E-state index contributed by atoms with van der Waals surface area (Å²) < 4.78 is 8.53. The maximum Gasteiger partial charge on any atom is 0.253 e. The number of nitrogens with zero attached hydrogens (tertiary/aromatic N) is 6. The van der Waals surface area contributed by atoms with Gasteiger partial charge in [-0.3, -0.25) is 14.2 Å². The van der Waals surface area contributed by atoms with Crippen LogP contribution in [-0.4, -0.2) is 48.4 Å². The highest BCUT2D eigenvalue weighted by Gasteiger charge is 2.10. The van der Waals surface area contributed by atoms with Crippen molar-refractivity contribution < 1.29 is 9.53 Å². The van der Waals surface area contributed by atoms with E-state index in [0.717, 1.165) is 5.56 Å². The standard InChI is InChI=1S/C21H21N7O3/c1-2-16-12-20(30)27(14-23-16)13-18(29)22-10-11-31-19-9-8-17-24-25-21(28(17)26-19)15-6-4-3-5-7-15/h3-9,12,14H,2,10-11,13H2,1H3,(H,22,29). The predicted molar refractivity (Wildman–Crippen MR) is 113 cm³/mol. The molecule has 0 saturated heterocycles. The van der Waals surface area contributed by atoms with Crippen LogP contribution in [0, 0.1) is 0 Å². The Labute approximate surface area is 177 Å². The molecule has 0 atom stereocenters. The van der Waals surface area contributed by atoms with Gasteiger partial charge >= 0.3 is 0 Å². The molecule has 0 aliphatic carbocycles. The van der Waals surface area contributed by atoms with Gasteiger partial charge < -0.3 is 10.1 Å². The number of rotatable bonds is 8. The Kier molecular flexibility index (Phi) is 5.97. The number of aromatic nitrogens is 6. The van der Waals surface area contributed by atoms with Crippen molar-refractivity contribution in [2.45, 2.75) is 19.9 Å². The maximum atomic E-state index is 12.1. The Morgan fingerprint density at radius 3 is 2.74 bits per heavy atom. The van der Waals surface area contributed by atoms with E-state index in [9.17, 15) is 9.59 Å². The summed E-state index contributed by atoms with van der Waals surface area (Å²) in [6.07, 6.45) is 2.06. The molecule has 31 heavy (non-hydrogen) atoms. The predicted octanol–water partition coefficient (Wildman–Crippen LogP) is 1.11. The van der Waals surface area contributed by atoms with Crippen LogP contribution in [0.5, 0.6) is 5.88 Å². The zero-order valence-electron chi connectivity index (χ0n) is 16.9. The topological polar surface area (TPSA) is 116 Å². The molecule has 0 saturated carbocycles. The summed E-state index contributed by atoms with van der Waals surface area (Å²) in [5, 5.41) is 15.5. The lowest BCUT2D eigenvalue weighted by Crippen LogP contribution is -2.34. The van der Waals surface area contributed by atoms with Gasteiger partial charge in [-0.2, -0.15) is 4.52 Å². The zero-order chi connectivity index (χ0) is 21.6. The molecule has 0 unspecified atom stereocenters. The first-order valence-electron chi connectivity index (χ1n) is 9.87. The van der Waals surface area contributed by atoms with E-state index in [0.29, 0.717) is 29.5 Å². The molecule has 4 rings (SSSR count). The second kappa shape index (κ2) is 9.16. The average Bonchev–Trinajstić information content (AvgIpc) is 3.22. The van der Waals surface area contributed by atoms with E-state index in [4.69, 9.17) is 4.74 Å². The molecule has 0 spiro atoms. The number of nitrogens with one attached hydrogen (secondary N) is 1. The van der Waals surface area contributed by atoms with Crippen molar-refractivity contribution >= 4 is 11.6 Å². The van der Waals surface area contributed by atoms with Crippen LogP contribution in [0.4, 0.5) is 0 Å². The third-order valence-corrected chi connectivity index (χ3v) is 4.56. The fourth-order valence-electron chi connectivity index (χ4n) is 2.95. The quantitative estimate of drug-likeness (QED) is 0.425. The maximum absolute atomic E-state index is 12.1. The van der Waals surface area contributed by atoms with E-state index in [-0.39, 0.29) is 31.2 Å². The Balaban J connectivity index is 1.32. The minimum absolute atomic E-state index is 0.0961. The summed E-state index contributed by atoms with van der Waals surface area (Å²) in [7, 11) is 0. The van der Waals surface area contributed by atoms with Gasteiger partial charge in [-0.25, -0.2) is 4.98 Å². The highest BCUT2D eigenvalue weighted by atomic mass is 16.5. The van der Waals surface area contributed by atoms with Gasteiger partial charge in [0.15, 0.2) is 11.5 Å². The van der Waals surface area contributed by atoms with Crippen LogP contribution >= 0.6 is 0 Å². The lowest BCUT2D eigenvalue weighted by atomic mass is 10.2. The molecule has 0 fully saturated rings. The number of hydrogen-bond donors (Lipinski definition) is 1. The highest BCUT2D eigenvalue weighted by molar-refractivity contribution is 5.75. The second-order valence-electron chi connectivity index (χ2n) is 6.73. The van der Waals surface area contributed by atoms with Crippen LogP contribution in [0.3, 0.4) is 0 Å². The van der Waals surface area contributed by atoms with E-state index >= 15 is 0 Å². The van der Waals surface area contributed by atoms with E-state index in [1.165, 1.54) is 17.0 Å². The minimum Gasteiger partial charge on any atom is -0.475 e. The van der Waals surface area contributed by atoms with E-state index in [1.54, 1.807) is 16.6 Å². The number of aryl methyl sites for hydroxylation is 1. The van der Waals surface area contributed by atoms with Gasteiger partial charge in [-0.1, -0.05) is 37.3 Å². The van der Waals surface area contributed by atoms with Crippen molar-refractivity contribution in [1.29, 1.82) is 0 Å². The van der Waals surface area contributed by atoms with Crippen LogP contribution in [0.1, 0.15) is 12.6 Å². The van der Waals surface area contributed by atoms with Crippen LogP contribution in [-0.2, 0) is 17.8 Å². The van der Waals surface area contributed by atoms with Gasteiger partial charge in [0, 0.05) is 23.4 Å². The van der Waals surface area contributed by atoms with E-state index in [1.807, 2.05) is 37.3 Å². The molecule has 158 valence electrons. The summed E-state index contributed by atoms with van der Waals surface area (Å²) in [5.74, 6) is 0.696. The van der Waals surface area contributed by atoms with Crippen molar-refractivity contribution in [3.05, 3.63) is 70.9 Å². The fourth-order valence-corrected chi connectivity index (χ4v) is 2.95. The molecule has 0 radical (unpaired) electrons. The molecule has 0 aliphatic rings. The molecular weight excluding hydrogens is 398 g/mol. The van der Waals surface area contributed by atoms with Gasteiger partial charge in [-0.15, -0.1) is 15.3 Å². The molecule has 1 aromatic carbocycles. The van der Waals surface area contributed by atoms with Crippen LogP contribution in [0.2, 0.25) is 0 Å². The number of benzene rings is 1. The molecule has 0 bridgehead atoms. The summed E-state index contributed by atoms with van der Waals surface area (Å²) >= 11 is 0. The largest absolute Gasteiger partial charge is 0.475 e. The number of carbonyl (C=O) groups is 1. The highest BCUT2D eigenvalue weighted by Crippen LogP contribution is 2.18. The third kappa shape index (κ3) is 4.74. The van der Waals surface area contributed by atoms with Crippen molar-refractivity contribution in [3.63, 3.8) is 0 Å². The van der Waals surface area contributed by atoms with Crippen LogP contribution in [0.25, 0.3) is 17.0 Å². The zero-order valence-corrected chi connectivity index (χ0v) is 16.9. The molecule has 3 heterocycles. The summed E-state index contributed by atoms with van der Waals surface area (Å²) in [5.41, 5.74) is 1.94. The van der Waals surface area contributed by atoms with Gasteiger partial charge in [-0.05, 0) is 12.5 Å². The van der Waals surface area contributed by atoms with Gasteiger partial charge in [0.2, 0.25) is 11.8 Å². The third-order valence-electron chi connectivity index (χ3n) is 4.56. The monoisotopic (exact) mass is 419 g/mol. The molecule has 4 aromatic rings. The molecular formula is C21H21N7O3. The summed E-state index contributed by atoms with van der Waals surface area (Å²) in [4.78, 5) is 28.2. The normalized spacial score (nSPS) is 10.9. The van der Waals surface area contributed by atoms with Gasteiger partial charge in [0.25, 0.3) is 5.56 Å². The number of hydrogen-bond acceptors (Lipinski definition) is 7. The number of fused-ring (bicyclic) bond motifs is 1. The average molecular weight is 419 g/mol. The first kappa shape index (κ1) is 20.2. The van der Waals surface area contributed by atoms with Crippen molar-refractivity contribution in [2.24, 2.45) is 0 Å². The minimum atomic E-state index is -0.301. The molecule has 1 amide bonds. The van der Waals surface area contributed by atoms with Crippen molar-refractivity contribution in [3.8, 4) is 17.3 Å². The first-order chi connectivity index (χ1) is 15.1. The Bertz CT molecular complexity index is 1250. The Hall–Kier alpha value is -4.08. The first-order valence-corrected chi connectivity index (χ1v) is 9.87. The Morgan fingerprint density at radius 2 is 1.97 bits per heavy atom. The second-order valence-corrected chi connectivity index (χ2v) is 6.73. The van der Waals surface area contributed by atoms with Gasteiger partial charge in [0.1, 0.15) is 13.2 Å². The Morgan fingerprint density at radius 1 is 1.13 bits per heavy atom. The molecule has 1 N–H and O–H groups in total.